The Hall–Kier alpha value is -2.95. The first-order valence-corrected chi connectivity index (χ1v) is 7.62. The van der Waals surface area contributed by atoms with E-state index in [1.807, 2.05) is 35.2 Å². The monoisotopic (exact) mass is 304 g/mol. The summed E-state index contributed by atoms with van der Waals surface area (Å²) in [6.07, 6.45) is 5.79. The first kappa shape index (κ1) is 13.7. The molecule has 1 atom stereocenters. The van der Waals surface area contributed by atoms with Crippen molar-refractivity contribution in [3.05, 3.63) is 83.7 Å². The van der Waals surface area contributed by atoms with Crippen molar-refractivity contribution in [2.75, 3.05) is 6.54 Å². The maximum atomic E-state index is 13.0. The number of aromatic nitrogens is 3. The van der Waals surface area contributed by atoms with Gasteiger partial charge in [0.1, 0.15) is 6.04 Å². The van der Waals surface area contributed by atoms with E-state index in [-0.39, 0.29) is 11.9 Å². The van der Waals surface area contributed by atoms with Crippen LogP contribution < -0.4 is 0 Å². The van der Waals surface area contributed by atoms with E-state index in [2.05, 4.69) is 15.0 Å². The Labute approximate surface area is 134 Å². The average Bonchev–Trinajstić information content (AvgIpc) is 3.10. The number of rotatable bonds is 2. The van der Waals surface area contributed by atoms with E-state index in [0.717, 1.165) is 23.4 Å². The number of benzene rings is 1. The van der Waals surface area contributed by atoms with Crippen molar-refractivity contribution in [3.63, 3.8) is 0 Å². The predicted molar refractivity (Wildman–Crippen MR) is 85.9 cm³/mol. The van der Waals surface area contributed by atoms with Crippen LogP contribution in [0.4, 0.5) is 0 Å². The van der Waals surface area contributed by atoms with Crippen LogP contribution in [0.15, 0.2) is 61.2 Å². The summed E-state index contributed by atoms with van der Waals surface area (Å²) in [5.74, 6) is 0.00917. The highest BCUT2D eigenvalue weighted by atomic mass is 16.2. The van der Waals surface area contributed by atoms with Gasteiger partial charge in [-0.2, -0.15) is 0 Å². The first-order valence-electron chi connectivity index (χ1n) is 7.62. The minimum atomic E-state index is -0.160. The van der Waals surface area contributed by atoms with Crippen molar-refractivity contribution in [2.24, 2.45) is 0 Å². The minimum absolute atomic E-state index is 0.00917. The Morgan fingerprint density at radius 2 is 1.91 bits per heavy atom. The lowest BCUT2D eigenvalue weighted by molar-refractivity contribution is 0.0690. The topological polar surface area (TPSA) is 61.9 Å². The molecule has 0 aliphatic carbocycles. The van der Waals surface area contributed by atoms with E-state index in [1.54, 1.807) is 30.9 Å². The van der Waals surface area contributed by atoms with Gasteiger partial charge < -0.3 is 9.88 Å². The lowest BCUT2D eigenvalue weighted by Crippen LogP contribution is -2.40. The third-order valence-corrected chi connectivity index (χ3v) is 4.23. The van der Waals surface area contributed by atoms with E-state index in [4.69, 9.17) is 0 Å². The highest BCUT2D eigenvalue weighted by Gasteiger charge is 2.34. The summed E-state index contributed by atoms with van der Waals surface area (Å²) in [6, 6.07) is 13.4. The van der Waals surface area contributed by atoms with Crippen LogP contribution in [0.2, 0.25) is 0 Å². The molecule has 0 radical (unpaired) electrons. The van der Waals surface area contributed by atoms with Crippen molar-refractivity contribution in [3.8, 4) is 0 Å². The van der Waals surface area contributed by atoms with Gasteiger partial charge in [-0.3, -0.25) is 9.78 Å². The van der Waals surface area contributed by atoms with Gasteiger partial charge in [0.25, 0.3) is 5.91 Å². The van der Waals surface area contributed by atoms with E-state index in [9.17, 15) is 4.79 Å². The lowest BCUT2D eigenvalue weighted by Gasteiger charge is -2.35. The number of carbonyl (C=O) groups excluding carboxylic acids is 1. The van der Waals surface area contributed by atoms with E-state index in [1.165, 1.54) is 0 Å². The third kappa shape index (κ3) is 2.40. The molecule has 3 aromatic rings. The molecule has 1 N–H and O–H groups in total. The number of H-pyrrole nitrogens is 1. The van der Waals surface area contributed by atoms with Crippen molar-refractivity contribution >= 4 is 5.91 Å². The van der Waals surface area contributed by atoms with E-state index in [0.29, 0.717) is 12.1 Å². The van der Waals surface area contributed by atoms with Crippen molar-refractivity contribution in [1.82, 2.24) is 19.9 Å². The van der Waals surface area contributed by atoms with Crippen LogP contribution >= 0.6 is 0 Å². The number of hydrogen-bond donors (Lipinski definition) is 1. The molecule has 4 rings (SSSR count). The zero-order valence-electron chi connectivity index (χ0n) is 12.5. The van der Waals surface area contributed by atoms with E-state index < -0.39 is 0 Å². The molecule has 1 amide bonds. The number of nitrogens with zero attached hydrogens (tertiary/aromatic N) is 3. The number of pyridine rings is 1. The van der Waals surface area contributed by atoms with Gasteiger partial charge in [-0.15, -0.1) is 0 Å². The molecule has 114 valence electrons. The standard InChI is InChI=1S/C18H16N4O/c23-18(14-6-9-19-10-7-14)22-11-8-15-16(21-12-20-15)17(22)13-4-2-1-3-5-13/h1-7,9-10,12,17H,8,11H2,(H,20,21). The molecule has 1 aliphatic heterocycles. The normalized spacial score (nSPS) is 16.9. The van der Waals surface area contributed by atoms with Gasteiger partial charge in [-0.25, -0.2) is 4.98 Å². The zero-order valence-corrected chi connectivity index (χ0v) is 12.5. The van der Waals surface area contributed by atoms with Gasteiger partial charge in [-0.1, -0.05) is 30.3 Å². The molecule has 0 saturated heterocycles. The van der Waals surface area contributed by atoms with Crippen molar-refractivity contribution < 1.29 is 4.79 Å². The van der Waals surface area contributed by atoms with Gasteiger partial charge >= 0.3 is 0 Å². The molecule has 1 aliphatic rings. The highest BCUT2D eigenvalue weighted by molar-refractivity contribution is 5.94. The Bertz CT molecular complexity index is 813. The summed E-state index contributed by atoms with van der Waals surface area (Å²) in [4.78, 5) is 26.5. The maximum absolute atomic E-state index is 13.0. The number of hydrogen-bond acceptors (Lipinski definition) is 3. The van der Waals surface area contributed by atoms with Crippen LogP contribution in [0, 0.1) is 0 Å². The quantitative estimate of drug-likeness (QED) is 0.791. The molecule has 3 heterocycles. The van der Waals surface area contributed by atoms with Gasteiger partial charge in [0.15, 0.2) is 0 Å². The Balaban J connectivity index is 1.78. The fourth-order valence-electron chi connectivity index (χ4n) is 3.13. The molecular weight excluding hydrogens is 288 g/mol. The zero-order chi connectivity index (χ0) is 15.6. The fraction of sp³-hybridized carbons (Fsp3) is 0.167. The van der Waals surface area contributed by atoms with Crippen LogP contribution in [-0.2, 0) is 6.42 Å². The number of amides is 1. The summed E-state index contributed by atoms with van der Waals surface area (Å²) in [7, 11) is 0. The van der Waals surface area contributed by atoms with Gasteiger partial charge in [-0.05, 0) is 17.7 Å². The summed E-state index contributed by atoms with van der Waals surface area (Å²) in [5.41, 5.74) is 3.77. The van der Waals surface area contributed by atoms with Crippen LogP contribution in [0.1, 0.15) is 33.4 Å². The number of imidazole rings is 1. The third-order valence-electron chi connectivity index (χ3n) is 4.23. The molecule has 1 unspecified atom stereocenters. The summed E-state index contributed by atoms with van der Waals surface area (Å²) < 4.78 is 0. The maximum Gasteiger partial charge on any atom is 0.254 e. The summed E-state index contributed by atoms with van der Waals surface area (Å²) >= 11 is 0. The van der Waals surface area contributed by atoms with Crippen LogP contribution in [-0.4, -0.2) is 32.3 Å². The van der Waals surface area contributed by atoms with Gasteiger partial charge in [0.2, 0.25) is 0 Å². The number of fused-ring (bicyclic) bond motifs is 1. The summed E-state index contributed by atoms with van der Waals surface area (Å²) in [5, 5.41) is 0. The molecule has 0 fully saturated rings. The largest absolute Gasteiger partial charge is 0.348 e. The first-order chi connectivity index (χ1) is 11.3. The molecule has 0 saturated carbocycles. The van der Waals surface area contributed by atoms with Gasteiger partial charge in [0.05, 0.1) is 12.0 Å². The highest BCUT2D eigenvalue weighted by Crippen LogP contribution is 2.34. The minimum Gasteiger partial charge on any atom is -0.348 e. The van der Waals surface area contributed by atoms with E-state index >= 15 is 0 Å². The van der Waals surface area contributed by atoms with Crippen LogP contribution in [0.5, 0.6) is 0 Å². The van der Waals surface area contributed by atoms with Crippen LogP contribution in [0.25, 0.3) is 0 Å². The molecule has 5 heteroatoms. The van der Waals surface area contributed by atoms with Crippen molar-refractivity contribution in [2.45, 2.75) is 12.5 Å². The fourth-order valence-corrected chi connectivity index (χ4v) is 3.13. The second-order valence-corrected chi connectivity index (χ2v) is 5.56. The van der Waals surface area contributed by atoms with Gasteiger partial charge in [0, 0.05) is 36.6 Å². The lowest BCUT2D eigenvalue weighted by atomic mass is 9.95. The molecule has 23 heavy (non-hydrogen) atoms. The SMILES string of the molecule is O=C(c1ccncc1)N1CCc2[nH]cnc2C1c1ccccc1. The number of nitrogens with one attached hydrogen (secondary N) is 1. The average molecular weight is 304 g/mol. The van der Waals surface area contributed by atoms with Crippen molar-refractivity contribution in [1.29, 1.82) is 0 Å². The second kappa shape index (κ2) is 5.68. The predicted octanol–water partition coefficient (Wildman–Crippen LogP) is 2.59. The molecule has 0 spiro atoms. The molecule has 5 nitrogen and oxygen atoms in total. The smallest absolute Gasteiger partial charge is 0.254 e. The molecule has 1 aromatic carbocycles. The Morgan fingerprint density at radius 3 is 2.70 bits per heavy atom. The second-order valence-electron chi connectivity index (χ2n) is 5.56. The number of carbonyl (C=O) groups is 1. The number of aromatic amines is 1. The Kier molecular flexibility index (Phi) is 3.38. The van der Waals surface area contributed by atoms with Crippen LogP contribution in [0.3, 0.4) is 0 Å². The Morgan fingerprint density at radius 1 is 1.13 bits per heavy atom. The molecule has 2 aromatic heterocycles. The molecule has 0 bridgehead atoms. The summed E-state index contributed by atoms with van der Waals surface area (Å²) in [6.45, 7) is 0.663. The molecular formula is C18H16N4O.